The van der Waals surface area contributed by atoms with E-state index in [1.807, 2.05) is 43.3 Å². The van der Waals surface area contributed by atoms with Gasteiger partial charge >= 0.3 is 0 Å². The van der Waals surface area contributed by atoms with Crippen LogP contribution in [0.15, 0.2) is 30.3 Å². The molecule has 1 heterocycles. The molecule has 102 valence electrons. The van der Waals surface area contributed by atoms with Crippen LogP contribution in [0.1, 0.15) is 17.5 Å². The molecule has 5 nitrogen and oxygen atoms in total. The molecule has 0 fully saturated rings. The normalized spacial score (nSPS) is 11.6. The Morgan fingerprint density at radius 3 is 2.75 bits per heavy atom. The first kappa shape index (κ1) is 14.2. The Labute approximate surface area is 121 Å². The van der Waals surface area contributed by atoms with Gasteiger partial charge in [0.25, 0.3) is 0 Å². The van der Waals surface area contributed by atoms with Gasteiger partial charge in [0, 0.05) is 0 Å². The fourth-order valence-electron chi connectivity index (χ4n) is 1.69. The molecule has 2 rings (SSSR count). The van der Waals surface area contributed by atoms with E-state index in [0.717, 1.165) is 17.0 Å². The maximum atomic E-state index is 12.1. The van der Waals surface area contributed by atoms with Crippen molar-refractivity contribution < 1.29 is 4.79 Å². The molecule has 1 N–H and O–H groups in total. The lowest BCUT2D eigenvalue weighted by atomic mass is 10.00. The molecule has 0 saturated heterocycles. The highest BCUT2D eigenvalue weighted by Crippen LogP contribution is 2.17. The second-order valence-electron chi connectivity index (χ2n) is 4.22. The molecule has 0 saturated carbocycles. The van der Waals surface area contributed by atoms with E-state index in [9.17, 15) is 4.79 Å². The predicted octanol–water partition coefficient (Wildman–Crippen LogP) is 2.42. The average molecular weight is 286 g/mol. The van der Waals surface area contributed by atoms with Gasteiger partial charge in [-0.2, -0.15) is 5.26 Å². The molecule has 0 bridgehead atoms. The largest absolute Gasteiger partial charge is 0.299 e. The van der Waals surface area contributed by atoms with E-state index >= 15 is 0 Å². The molecule has 20 heavy (non-hydrogen) atoms. The number of nitriles is 1. The Morgan fingerprint density at radius 1 is 1.40 bits per heavy atom. The Kier molecular flexibility index (Phi) is 4.80. The third-order valence-electron chi connectivity index (χ3n) is 2.75. The molecule has 1 atom stereocenters. The molecule has 2 aromatic rings. The van der Waals surface area contributed by atoms with Crippen LogP contribution in [0.5, 0.6) is 0 Å². The van der Waals surface area contributed by atoms with Gasteiger partial charge in [0.15, 0.2) is 0 Å². The minimum atomic E-state index is -0.730. The van der Waals surface area contributed by atoms with Crippen LogP contribution in [-0.4, -0.2) is 16.1 Å². The summed E-state index contributed by atoms with van der Waals surface area (Å²) in [5, 5.41) is 20.9. The Balaban J connectivity index is 2.01. The van der Waals surface area contributed by atoms with Crippen LogP contribution in [-0.2, 0) is 17.6 Å². The fourth-order valence-corrected chi connectivity index (χ4v) is 2.37. The summed E-state index contributed by atoms with van der Waals surface area (Å²) in [7, 11) is 0. The van der Waals surface area contributed by atoms with Crippen LogP contribution >= 0.6 is 11.3 Å². The summed E-state index contributed by atoms with van der Waals surface area (Å²) in [6, 6.07) is 11.5. The number of carbonyl (C=O) groups excluding carboxylic acids is 1. The summed E-state index contributed by atoms with van der Waals surface area (Å²) < 4.78 is 0. The maximum absolute atomic E-state index is 12.1. The van der Waals surface area contributed by atoms with E-state index in [-0.39, 0.29) is 5.91 Å². The standard InChI is InChI=1S/C14H14N4OS/c1-2-12-17-18-14(20-12)16-13(19)11(9-15)8-10-6-4-3-5-7-10/h3-7,11H,2,8H2,1H3,(H,16,18,19). The SMILES string of the molecule is CCc1nnc(NC(=O)C(C#N)Cc2ccccc2)s1. The summed E-state index contributed by atoms with van der Waals surface area (Å²) in [6.45, 7) is 1.97. The lowest BCUT2D eigenvalue weighted by Gasteiger charge is -2.08. The Hall–Kier alpha value is -2.26. The van der Waals surface area contributed by atoms with Crippen molar-refractivity contribution in [2.45, 2.75) is 19.8 Å². The fraction of sp³-hybridized carbons (Fsp3) is 0.286. The van der Waals surface area contributed by atoms with Crippen LogP contribution in [0, 0.1) is 17.2 Å². The van der Waals surface area contributed by atoms with E-state index in [1.54, 1.807) is 0 Å². The van der Waals surface area contributed by atoms with Crippen LogP contribution in [0.4, 0.5) is 5.13 Å². The smallest absolute Gasteiger partial charge is 0.243 e. The summed E-state index contributed by atoms with van der Waals surface area (Å²) in [5.41, 5.74) is 0.959. The lowest BCUT2D eigenvalue weighted by molar-refractivity contribution is -0.118. The highest BCUT2D eigenvalue weighted by molar-refractivity contribution is 7.15. The molecular weight excluding hydrogens is 272 g/mol. The van der Waals surface area contributed by atoms with Gasteiger partial charge in [-0.05, 0) is 18.4 Å². The monoisotopic (exact) mass is 286 g/mol. The number of nitrogens with zero attached hydrogens (tertiary/aromatic N) is 3. The molecule has 0 aliphatic carbocycles. The highest BCUT2D eigenvalue weighted by Gasteiger charge is 2.19. The van der Waals surface area contributed by atoms with Crippen LogP contribution in [0.3, 0.4) is 0 Å². The van der Waals surface area contributed by atoms with Gasteiger partial charge in [-0.3, -0.25) is 10.1 Å². The predicted molar refractivity (Wildman–Crippen MR) is 77.2 cm³/mol. The van der Waals surface area contributed by atoms with Gasteiger partial charge < -0.3 is 0 Å². The number of rotatable bonds is 5. The molecule has 1 amide bonds. The molecule has 1 aromatic carbocycles. The minimum absolute atomic E-state index is 0.338. The minimum Gasteiger partial charge on any atom is -0.299 e. The molecule has 0 aliphatic rings. The zero-order chi connectivity index (χ0) is 14.4. The van der Waals surface area contributed by atoms with Crippen LogP contribution in [0.2, 0.25) is 0 Å². The molecule has 0 aliphatic heterocycles. The van der Waals surface area contributed by atoms with E-state index in [2.05, 4.69) is 15.5 Å². The third-order valence-corrected chi connectivity index (χ3v) is 3.74. The molecule has 6 heteroatoms. The van der Waals surface area contributed by atoms with Crippen molar-refractivity contribution in [2.75, 3.05) is 5.32 Å². The van der Waals surface area contributed by atoms with Crippen molar-refractivity contribution >= 4 is 22.4 Å². The zero-order valence-electron chi connectivity index (χ0n) is 11.0. The first-order chi connectivity index (χ1) is 9.72. The molecule has 1 aromatic heterocycles. The van der Waals surface area contributed by atoms with Crippen LogP contribution in [0.25, 0.3) is 0 Å². The average Bonchev–Trinajstić information content (AvgIpc) is 2.93. The second-order valence-corrected chi connectivity index (χ2v) is 5.28. The van der Waals surface area contributed by atoms with Gasteiger partial charge in [-0.1, -0.05) is 48.6 Å². The number of amides is 1. The van der Waals surface area contributed by atoms with E-state index in [1.165, 1.54) is 11.3 Å². The van der Waals surface area contributed by atoms with Gasteiger partial charge in [0.1, 0.15) is 10.9 Å². The van der Waals surface area contributed by atoms with E-state index in [0.29, 0.717) is 11.6 Å². The summed E-state index contributed by atoms with van der Waals surface area (Å²) in [6.07, 6.45) is 1.17. The van der Waals surface area contributed by atoms with Crippen molar-refractivity contribution in [1.29, 1.82) is 5.26 Å². The highest BCUT2D eigenvalue weighted by atomic mass is 32.1. The van der Waals surface area contributed by atoms with Gasteiger partial charge in [-0.25, -0.2) is 0 Å². The number of aromatic nitrogens is 2. The Bertz CT molecular complexity index is 618. The third kappa shape index (κ3) is 3.62. The van der Waals surface area contributed by atoms with E-state index < -0.39 is 5.92 Å². The summed E-state index contributed by atoms with van der Waals surface area (Å²) >= 11 is 1.33. The van der Waals surface area contributed by atoms with Crippen molar-refractivity contribution in [3.63, 3.8) is 0 Å². The Morgan fingerprint density at radius 2 is 2.15 bits per heavy atom. The van der Waals surface area contributed by atoms with Gasteiger partial charge in [0.05, 0.1) is 6.07 Å². The number of hydrogen-bond donors (Lipinski definition) is 1. The van der Waals surface area contributed by atoms with Crippen molar-refractivity contribution in [3.8, 4) is 6.07 Å². The second kappa shape index (κ2) is 6.78. The number of carbonyl (C=O) groups is 1. The number of aryl methyl sites for hydroxylation is 1. The van der Waals surface area contributed by atoms with Gasteiger partial charge in [-0.15, -0.1) is 10.2 Å². The first-order valence-electron chi connectivity index (χ1n) is 6.29. The number of nitrogens with one attached hydrogen (secondary N) is 1. The first-order valence-corrected chi connectivity index (χ1v) is 7.11. The molecule has 1 unspecified atom stereocenters. The molecule has 0 spiro atoms. The quantitative estimate of drug-likeness (QED) is 0.915. The molecule has 0 radical (unpaired) electrons. The lowest BCUT2D eigenvalue weighted by Crippen LogP contribution is -2.23. The zero-order valence-corrected chi connectivity index (χ0v) is 11.9. The molecular formula is C14H14N4OS. The topological polar surface area (TPSA) is 78.7 Å². The van der Waals surface area contributed by atoms with Crippen molar-refractivity contribution in [3.05, 3.63) is 40.9 Å². The maximum Gasteiger partial charge on any atom is 0.243 e. The summed E-state index contributed by atoms with van der Waals surface area (Å²) in [5.74, 6) is -1.07. The van der Waals surface area contributed by atoms with Crippen molar-refractivity contribution in [1.82, 2.24) is 10.2 Å². The van der Waals surface area contributed by atoms with Crippen LogP contribution < -0.4 is 5.32 Å². The number of hydrogen-bond acceptors (Lipinski definition) is 5. The summed E-state index contributed by atoms with van der Waals surface area (Å²) in [4.78, 5) is 12.1. The number of benzene rings is 1. The van der Waals surface area contributed by atoms with E-state index in [4.69, 9.17) is 5.26 Å². The number of anilines is 1. The van der Waals surface area contributed by atoms with Gasteiger partial charge in [0.2, 0.25) is 11.0 Å². The van der Waals surface area contributed by atoms with Crippen molar-refractivity contribution in [2.24, 2.45) is 5.92 Å².